The van der Waals surface area contributed by atoms with Crippen LogP contribution in [0.2, 0.25) is 0 Å². The van der Waals surface area contributed by atoms with E-state index in [9.17, 15) is 14.7 Å². The molecule has 0 aliphatic carbocycles. The molecular weight excluding hydrogens is 356 g/mol. The summed E-state index contributed by atoms with van der Waals surface area (Å²) in [5.41, 5.74) is 0.556. The normalized spacial score (nSPS) is 13.6. The van der Waals surface area contributed by atoms with E-state index >= 15 is 0 Å². The maximum absolute atomic E-state index is 12.7. The average molecular weight is 384 g/mol. The first-order valence-corrected chi connectivity index (χ1v) is 9.37. The second kappa shape index (κ2) is 9.35. The van der Waals surface area contributed by atoms with Crippen molar-refractivity contribution in [3.8, 4) is 0 Å². The predicted molar refractivity (Wildman–Crippen MR) is 107 cm³/mol. The van der Waals surface area contributed by atoms with Gasteiger partial charge in [0.1, 0.15) is 6.10 Å². The van der Waals surface area contributed by atoms with Gasteiger partial charge < -0.3 is 15.2 Å². The Bertz CT molecular complexity index is 776. The molecule has 6 heteroatoms. The fourth-order valence-corrected chi connectivity index (χ4v) is 3.20. The molecule has 6 nitrogen and oxygen atoms in total. The van der Waals surface area contributed by atoms with Gasteiger partial charge in [0, 0.05) is 18.3 Å². The van der Waals surface area contributed by atoms with E-state index < -0.39 is 23.6 Å². The smallest absolute Gasteiger partial charge is 0.407 e. The summed E-state index contributed by atoms with van der Waals surface area (Å²) >= 11 is 0. The van der Waals surface area contributed by atoms with Crippen molar-refractivity contribution >= 4 is 12.1 Å². The molecule has 0 aliphatic heterocycles. The van der Waals surface area contributed by atoms with Crippen molar-refractivity contribution in [1.29, 1.82) is 0 Å². The first kappa shape index (κ1) is 21.4. The molecule has 28 heavy (non-hydrogen) atoms. The molecule has 2 N–H and O–H groups in total. The number of hydrogen-bond donors (Lipinski definition) is 2. The number of aromatic nitrogens is 1. The van der Waals surface area contributed by atoms with Gasteiger partial charge in [-0.1, -0.05) is 50.2 Å². The number of nitrogens with one attached hydrogen (secondary N) is 1. The second-order valence-corrected chi connectivity index (χ2v) is 7.73. The topological polar surface area (TPSA) is 88.5 Å². The van der Waals surface area contributed by atoms with Crippen LogP contribution < -0.4 is 5.32 Å². The van der Waals surface area contributed by atoms with E-state index in [4.69, 9.17) is 4.74 Å². The van der Waals surface area contributed by atoms with E-state index in [1.54, 1.807) is 20.0 Å². The van der Waals surface area contributed by atoms with E-state index in [-0.39, 0.29) is 12.0 Å². The minimum atomic E-state index is -1.20. The second-order valence-electron chi connectivity index (χ2n) is 7.73. The molecule has 1 heterocycles. The number of carboxylic acids is 1. The van der Waals surface area contributed by atoms with Crippen LogP contribution in [0.25, 0.3) is 0 Å². The Hall–Kier alpha value is -2.89. The molecule has 1 aromatic carbocycles. The fraction of sp³-hybridized carbons (Fsp3) is 0.409. The van der Waals surface area contributed by atoms with Crippen molar-refractivity contribution in [2.24, 2.45) is 11.3 Å². The van der Waals surface area contributed by atoms with Crippen LogP contribution in [-0.4, -0.2) is 28.3 Å². The molecule has 0 radical (unpaired) electrons. The maximum atomic E-state index is 12.7. The van der Waals surface area contributed by atoms with E-state index in [1.165, 1.54) is 0 Å². The highest BCUT2D eigenvalue weighted by Gasteiger charge is 2.41. The molecule has 0 saturated carbocycles. The Morgan fingerprint density at radius 2 is 1.75 bits per heavy atom. The number of aliphatic carboxylic acids is 1. The summed E-state index contributed by atoms with van der Waals surface area (Å²) in [6.07, 6.45) is 0.795. The Morgan fingerprint density at radius 3 is 2.29 bits per heavy atom. The maximum Gasteiger partial charge on any atom is 0.407 e. The molecule has 2 aromatic rings. The molecule has 2 rings (SSSR count). The van der Waals surface area contributed by atoms with Crippen LogP contribution in [-0.2, 0) is 16.0 Å². The zero-order chi connectivity index (χ0) is 20.7. The third-order valence-corrected chi connectivity index (χ3v) is 4.74. The van der Waals surface area contributed by atoms with Crippen molar-refractivity contribution in [2.75, 3.05) is 0 Å². The first-order chi connectivity index (χ1) is 13.2. The van der Waals surface area contributed by atoms with E-state index in [0.29, 0.717) is 6.42 Å². The monoisotopic (exact) mass is 384 g/mol. The molecule has 1 amide bonds. The highest BCUT2D eigenvalue weighted by atomic mass is 16.6. The number of rotatable bonds is 8. The number of alkyl carbamates (subject to hydrolysis) is 1. The van der Waals surface area contributed by atoms with Gasteiger partial charge in [0.2, 0.25) is 0 Å². The number of pyridine rings is 1. The number of carboxylic acid groups (broad SMARTS) is 1. The standard InChI is InChI=1S/C22H28N2O4/c1-15(2)19(22(3,4)20(25)26)28-21(27)24-18(16-10-6-5-7-11-16)14-17-12-8-9-13-23-17/h5-13,15,18-19H,14H2,1-4H3,(H,24,27)(H,25,26)/t18-,19?/m0/s1. The van der Waals surface area contributed by atoms with E-state index in [2.05, 4.69) is 10.3 Å². The average Bonchev–Trinajstić information content (AvgIpc) is 2.66. The van der Waals surface area contributed by atoms with Gasteiger partial charge in [-0.15, -0.1) is 0 Å². The summed E-state index contributed by atoms with van der Waals surface area (Å²) in [7, 11) is 0. The van der Waals surface area contributed by atoms with Crippen molar-refractivity contribution < 1.29 is 19.4 Å². The number of amides is 1. The number of benzene rings is 1. The van der Waals surface area contributed by atoms with Crippen molar-refractivity contribution in [3.05, 3.63) is 66.0 Å². The van der Waals surface area contributed by atoms with Gasteiger partial charge in [0.05, 0.1) is 11.5 Å². The van der Waals surface area contributed by atoms with Gasteiger partial charge in [0.15, 0.2) is 0 Å². The summed E-state index contributed by atoms with van der Waals surface area (Å²) in [5, 5.41) is 12.4. The van der Waals surface area contributed by atoms with Crippen LogP contribution in [0.3, 0.4) is 0 Å². The Labute approximate surface area is 166 Å². The number of hydrogen-bond acceptors (Lipinski definition) is 4. The first-order valence-electron chi connectivity index (χ1n) is 9.37. The third kappa shape index (κ3) is 5.55. The highest BCUT2D eigenvalue weighted by molar-refractivity contribution is 5.75. The fourth-order valence-electron chi connectivity index (χ4n) is 3.20. The van der Waals surface area contributed by atoms with Gasteiger partial charge in [-0.25, -0.2) is 4.79 Å². The summed E-state index contributed by atoms with van der Waals surface area (Å²) in [6.45, 7) is 6.81. The number of nitrogens with zero attached hydrogens (tertiary/aromatic N) is 1. The number of carbonyl (C=O) groups is 2. The molecule has 0 aliphatic rings. The quantitative estimate of drug-likeness (QED) is 0.711. The summed E-state index contributed by atoms with van der Waals surface area (Å²) in [4.78, 5) is 28.6. The number of carbonyl (C=O) groups excluding carboxylic acids is 1. The van der Waals surface area contributed by atoms with Crippen LogP contribution in [0.4, 0.5) is 4.79 Å². The SMILES string of the molecule is CC(C)C(OC(=O)N[C@@H](Cc1ccccn1)c1ccccc1)C(C)(C)C(=O)O. The van der Waals surface area contributed by atoms with Crippen LogP contribution in [0.5, 0.6) is 0 Å². The Kier molecular flexibility index (Phi) is 7.15. The van der Waals surface area contributed by atoms with Crippen LogP contribution in [0.15, 0.2) is 54.7 Å². The zero-order valence-corrected chi connectivity index (χ0v) is 16.8. The summed E-state index contributed by atoms with van der Waals surface area (Å²) < 4.78 is 5.58. The van der Waals surface area contributed by atoms with Gasteiger partial charge in [0.25, 0.3) is 0 Å². The van der Waals surface area contributed by atoms with Crippen molar-refractivity contribution in [1.82, 2.24) is 10.3 Å². The lowest BCUT2D eigenvalue weighted by atomic mass is 9.81. The molecule has 0 bridgehead atoms. The largest absolute Gasteiger partial charge is 0.481 e. The molecular formula is C22H28N2O4. The zero-order valence-electron chi connectivity index (χ0n) is 16.8. The molecule has 1 aromatic heterocycles. The molecule has 0 spiro atoms. The van der Waals surface area contributed by atoms with Crippen molar-refractivity contribution in [2.45, 2.75) is 46.3 Å². The van der Waals surface area contributed by atoms with Crippen LogP contribution >= 0.6 is 0 Å². The van der Waals surface area contributed by atoms with Gasteiger partial charge in [-0.3, -0.25) is 9.78 Å². The predicted octanol–water partition coefficient (Wildman–Crippen LogP) is 4.23. The molecule has 1 unspecified atom stereocenters. The van der Waals surface area contributed by atoms with Crippen LogP contribution in [0, 0.1) is 11.3 Å². The Balaban J connectivity index is 2.18. The summed E-state index contributed by atoms with van der Waals surface area (Å²) in [5.74, 6) is -1.16. The molecule has 0 saturated heterocycles. The van der Waals surface area contributed by atoms with Gasteiger partial charge in [-0.2, -0.15) is 0 Å². The lowest BCUT2D eigenvalue weighted by Crippen LogP contribution is -2.45. The summed E-state index contributed by atoms with van der Waals surface area (Å²) in [6, 6.07) is 14.8. The minimum Gasteiger partial charge on any atom is -0.481 e. The van der Waals surface area contributed by atoms with E-state index in [1.807, 2.05) is 62.4 Å². The third-order valence-electron chi connectivity index (χ3n) is 4.74. The lowest BCUT2D eigenvalue weighted by Gasteiger charge is -2.33. The highest BCUT2D eigenvalue weighted by Crippen LogP contribution is 2.30. The Morgan fingerprint density at radius 1 is 1.11 bits per heavy atom. The molecule has 150 valence electrons. The van der Waals surface area contributed by atoms with E-state index in [0.717, 1.165) is 11.3 Å². The molecule has 0 fully saturated rings. The van der Waals surface area contributed by atoms with Crippen LogP contribution in [0.1, 0.15) is 45.0 Å². The van der Waals surface area contributed by atoms with Gasteiger partial charge in [-0.05, 0) is 37.5 Å². The lowest BCUT2D eigenvalue weighted by molar-refractivity contribution is -0.155. The molecule has 2 atom stereocenters. The van der Waals surface area contributed by atoms with Gasteiger partial charge >= 0.3 is 12.1 Å². The minimum absolute atomic E-state index is 0.150. The number of ether oxygens (including phenoxy) is 1. The van der Waals surface area contributed by atoms with Crippen molar-refractivity contribution in [3.63, 3.8) is 0 Å².